The fourth-order valence-corrected chi connectivity index (χ4v) is 3.35. The van der Waals surface area contributed by atoms with Gasteiger partial charge < -0.3 is 20.1 Å². The van der Waals surface area contributed by atoms with Crippen LogP contribution in [0.4, 0.5) is 5.82 Å². The molecule has 1 fully saturated rings. The van der Waals surface area contributed by atoms with Crippen LogP contribution in [0.25, 0.3) is 0 Å². The van der Waals surface area contributed by atoms with Crippen molar-refractivity contribution >= 4 is 29.1 Å². The molecule has 1 amide bonds. The molecule has 1 saturated heterocycles. The Kier molecular flexibility index (Phi) is 5.56. The molecule has 2 heterocycles. The number of nitrogens with one attached hydrogen (secondary N) is 4. The van der Waals surface area contributed by atoms with E-state index in [1.807, 2.05) is 24.3 Å². The highest BCUT2D eigenvalue weighted by Gasteiger charge is 2.40. The Hall–Kier alpha value is -3.13. The van der Waals surface area contributed by atoms with Crippen molar-refractivity contribution in [1.29, 1.82) is 0 Å². The Labute approximate surface area is 162 Å². The first-order valence-corrected chi connectivity index (χ1v) is 8.70. The number of carbonyl (C=O) groups excluding carboxylic acids is 1. The van der Waals surface area contributed by atoms with Crippen LogP contribution in [0.5, 0.6) is 11.5 Å². The summed E-state index contributed by atoms with van der Waals surface area (Å²) in [6.45, 7) is 4.00. The zero-order valence-electron chi connectivity index (χ0n) is 15.0. The largest absolute Gasteiger partial charge is 0.493 e. The summed E-state index contributed by atoms with van der Waals surface area (Å²) in [6, 6.07) is 10.5. The number of rotatable bonds is 5. The molecule has 2 unspecified atom stereocenters. The summed E-state index contributed by atoms with van der Waals surface area (Å²) < 4.78 is 10.9. The average Bonchev–Trinajstić information content (AvgIpc) is 2.67. The standard InChI is InChI=1S/C19H20N4O3S/c1-11-15(18(24)22-14-9-4-5-10-20-14)16(23-19(27)21-11)12-7-6-8-13(25-2)17(12)26-3/h4-10,15-16H,1H2,2-3H3,(H,20,22,24)(H2,21,23,27)/p+1. The first-order valence-electron chi connectivity index (χ1n) is 8.30. The van der Waals surface area contributed by atoms with E-state index >= 15 is 0 Å². The molecule has 0 bridgehead atoms. The molecule has 2 aromatic rings. The number of amides is 1. The molecular weight excluding hydrogens is 364 g/mol. The van der Waals surface area contributed by atoms with Crippen molar-refractivity contribution in [3.05, 3.63) is 60.4 Å². The highest BCUT2D eigenvalue weighted by molar-refractivity contribution is 7.80. The predicted molar refractivity (Wildman–Crippen MR) is 105 cm³/mol. The molecule has 4 N–H and O–H groups in total. The summed E-state index contributed by atoms with van der Waals surface area (Å²) in [6.07, 6.45) is 1.74. The highest BCUT2D eigenvalue weighted by Crippen LogP contribution is 2.40. The third-order valence-corrected chi connectivity index (χ3v) is 4.51. The molecule has 1 aliphatic rings. The second-order valence-electron chi connectivity index (χ2n) is 5.93. The van der Waals surface area contributed by atoms with E-state index < -0.39 is 12.0 Å². The average molecular weight is 385 g/mol. The summed E-state index contributed by atoms with van der Waals surface area (Å²) in [5.41, 5.74) is 1.25. The van der Waals surface area contributed by atoms with Gasteiger partial charge in [0, 0.05) is 17.3 Å². The van der Waals surface area contributed by atoms with Gasteiger partial charge in [0.15, 0.2) is 16.6 Å². The molecule has 140 valence electrons. The summed E-state index contributed by atoms with van der Waals surface area (Å²) in [4.78, 5) is 16.0. The number of ether oxygens (including phenoxy) is 2. The van der Waals surface area contributed by atoms with Gasteiger partial charge in [0.2, 0.25) is 0 Å². The summed E-state index contributed by atoms with van der Waals surface area (Å²) >= 11 is 5.28. The Bertz CT molecular complexity index is 873. The number of hydrogen-bond donors (Lipinski definition) is 3. The number of carbonyl (C=O) groups is 1. The van der Waals surface area contributed by atoms with Gasteiger partial charge in [-0.25, -0.2) is 15.1 Å². The third-order valence-electron chi connectivity index (χ3n) is 4.29. The topological polar surface area (TPSA) is 85.8 Å². The van der Waals surface area contributed by atoms with E-state index in [0.29, 0.717) is 28.1 Å². The third kappa shape index (κ3) is 3.85. The van der Waals surface area contributed by atoms with E-state index in [1.54, 1.807) is 32.5 Å². The molecule has 1 aromatic heterocycles. The molecule has 27 heavy (non-hydrogen) atoms. The number of benzene rings is 1. The minimum atomic E-state index is -0.633. The zero-order chi connectivity index (χ0) is 19.4. The van der Waals surface area contributed by atoms with E-state index in [0.717, 1.165) is 5.56 Å². The predicted octanol–water partition coefficient (Wildman–Crippen LogP) is 1.81. The van der Waals surface area contributed by atoms with Gasteiger partial charge in [0.1, 0.15) is 5.92 Å². The van der Waals surface area contributed by atoms with Crippen molar-refractivity contribution in [1.82, 2.24) is 10.6 Å². The molecule has 8 heteroatoms. The summed E-state index contributed by atoms with van der Waals surface area (Å²) in [5.74, 6) is 0.826. The Morgan fingerprint density at radius 1 is 1.22 bits per heavy atom. The minimum Gasteiger partial charge on any atom is -0.493 e. The maximum absolute atomic E-state index is 13.0. The molecule has 3 rings (SSSR count). The van der Waals surface area contributed by atoms with E-state index in [-0.39, 0.29) is 5.91 Å². The monoisotopic (exact) mass is 385 g/mol. The quantitative estimate of drug-likeness (QED) is 0.681. The van der Waals surface area contributed by atoms with E-state index in [9.17, 15) is 4.79 Å². The number of hydrogen-bond acceptors (Lipinski definition) is 4. The van der Waals surface area contributed by atoms with Crippen LogP contribution in [0.15, 0.2) is 54.9 Å². The maximum Gasteiger partial charge on any atom is 0.318 e. The van der Waals surface area contributed by atoms with Crippen molar-refractivity contribution in [3.63, 3.8) is 0 Å². The van der Waals surface area contributed by atoms with Crippen LogP contribution < -0.4 is 30.4 Å². The number of para-hydroxylation sites is 1. The van der Waals surface area contributed by atoms with Crippen LogP contribution in [-0.4, -0.2) is 25.2 Å². The number of H-pyrrole nitrogens is 1. The molecule has 0 aliphatic carbocycles. The smallest absolute Gasteiger partial charge is 0.318 e. The van der Waals surface area contributed by atoms with E-state index in [4.69, 9.17) is 21.7 Å². The van der Waals surface area contributed by atoms with E-state index in [1.165, 1.54) is 0 Å². The Balaban J connectivity index is 1.99. The van der Waals surface area contributed by atoms with Gasteiger partial charge in [-0.15, -0.1) is 0 Å². The van der Waals surface area contributed by atoms with Crippen LogP contribution >= 0.6 is 12.2 Å². The Morgan fingerprint density at radius 3 is 2.70 bits per heavy atom. The van der Waals surface area contributed by atoms with Crippen molar-refractivity contribution in [2.75, 3.05) is 19.5 Å². The second kappa shape index (κ2) is 8.05. The van der Waals surface area contributed by atoms with Gasteiger partial charge in [0.05, 0.1) is 26.5 Å². The van der Waals surface area contributed by atoms with Crippen molar-refractivity contribution in [2.24, 2.45) is 5.92 Å². The van der Waals surface area contributed by atoms with Crippen LogP contribution in [0.2, 0.25) is 0 Å². The minimum absolute atomic E-state index is 0.236. The molecule has 0 radical (unpaired) electrons. The van der Waals surface area contributed by atoms with Crippen LogP contribution in [-0.2, 0) is 4.79 Å². The van der Waals surface area contributed by atoms with Gasteiger partial charge in [-0.3, -0.25) is 0 Å². The zero-order valence-corrected chi connectivity index (χ0v) is 15.9. The van der Waals surface area contributed by atoms with Gasteiger partial charge >= 0.3 is 5.91 Å². The number of aromatic amines is 1. The van der Waals surface area contributed by atoms with Gasteiger partial charge in [-0.1, -0.05) is 24.8 Å². The lowest BCUT2D eigenvalue weighted by Crippen LogP contribution is -2.52. The molecule has 1 aliphatic heterocycles. The number of thiocarbonyl (C=S) groups is 1. The second-order valence-corrected chi connectivity index (χ2v) is 6.34. The fourth-order valence-electron chi connectivity index (χ4n) is 3.09. The van der Waals surface area contributed by atoms with Crippen molar-refractivity contribution in [3.8, 4) is 11.5 Å². The summed E-state index contributed by atoms with van der Waals surface area (Å²) in [5, 5.41) is 9.37. The fraction of sp³-hybridized carbons (Fsp3) is 0.211. The number of aromatic nitrogens is 1. The van der Waals surface area contributed by atoms with Gasteiger partial charge in [0.25, 0.3) is 5.82 Å². The Morgan fingerprint density at radius 2 is 2.04 bits per heavy atom. The molecule has 2 atom stereocenters. The SMILES string of the molecule is C=C1NC(=S)NC(c2cccc(OC)c2OC)C1C(=O)Nc1cccc[nH+]1. The lowest BCUT2D eigenvalue weighted by atomic mass is 9.87. The lowest BCUT2D eigenvalue weighted by Gasteiger charge is -2.34. The number of methoxy groups -OCH3 is 2. The first-order chi connectivity index (χ1) is 13.0. The normalized spacial score (nSPS) is 18.9. The molecule has 1 aromatic carbocycles. The van der Waals surface area contributed by atoms with Gasteiger partial charge in [-0.05, 0) is 24.4 Å². The lowest BCUT2D eigenvalue weighted by molar-refractivity contribution is -0.360. The van der Waals surface area contributed by atoms with Gasteiger partial charge in [-0.2, -0.15) is 0 Å². The number of anilines is 1. The maximum atomic E-state index is 13.0. The molecule has 0 spiro atoms. The van der Waals surface area contributed by atoms with Crippen molar-refractivity contribution in [2.45, 2.75) is 6.04 Å². The first kappa shape index (κ1) is 18.7. The highest BCUT2D eigenvalue weighted by atomic mass is 32.1. The molecular formula is C19H21N4O3S+. The van der Waals surface area contributed by atoms with Crippen molar-refractivity contribution < 1.29 is 19.3 Å². The molecule has 7 nitrogen and oxygen atoms in total. The van der Waals surface area contributed by atoms with Crippen LogP contribution in [0.3, 0.4) is 0 Å². The van der Waals surface area contributed by atoms with Crippen LogP contribution in [0.1, 0.15) is 11.6 Å². The van der Waals surface area contributed by atoms with E-state index in [2.05, 4.69) is 27.5 Å². The molecule has 0 saturated carbocycles. The van der Waals surface area contributed by atoms with Crippen LogP contribution in [0, 0.1) is 5.92 Å². The number of pyridine rings is 1. The summed E-state index contributed by atoms with van der Waals surface area (Å²) in [7, 11) is 3.13.